The lowest BCUT2D eigenvalue weighted by Gasteiger charge is -2.18. The molecule has 0 atom stereocenters. The second-order valence-corrected chi connectivity index (χ2v) is 8.28. The van der Waals surface area contributed by atoms with Crippen LogP contribution in [0.1, 0.15) is 32.2 Å². The number of ether oxygens (including phenoxy) is 2. The summed E-state index contributed by atoms with van der Waals surface area (Å²) in [6, 6.07) is 15.2. The van der Waals surface area contributed by atoms with Gasteiger partial charge in [-0.25, -0.2) is 9.78 Å². The molecule has 0 spiro atoms. The van der Waals surface area contributed by atoms with Gasteiger partial charge in [0.2, 0.25) is 0 Å². The van der Waals surface area contributed by atoms with Crippen LogP contribution in [0, 0.1) is 6.92 Å². The van der Waals surface area contributed by atoms with Gasteiger partial charge in [0.25, 0.3) is 5.56 Å². The van der Waals surface area contributed by atoms with E-state index >= 15 is 0 Å². The van der Waals surface area contributed by atoms with Crippen molar-refractivity contribution in [3.8, 4) is 11.5 Å². The SMILES string of the molecule is Cc1c(C(=O)O)sc2nc(/C(=C\c3ccc4c(c3)OCCO4)c3ccccc3)[nH]c(=O)c12. The molecule has 0 saturated carbocycles. The van der Waals surface area contributed by atoms with Gasteiger partial charge in [-0.3, -0.25) is 4.79 Å². The molecule has 5 rings (SSSR count). The molecule has 0 fully saturated rings. The molecule has 0 aliphatic carbocycles. The summed E-state index contributed by atoms with van der Waals surface area (Å²) >= 11 is 1.00. The molecule has 0 saturated heterocycles. The first-order valence-electron chi connectivity index (χ1n) is 9.95. The molecule has 0 bridgehead atoms. The quantitative estimate of drug-likeness (QED) is 0.452. The standard InChI is InChI=1S/C24H18N2O5S/c1-13-19-22(27)25-21(26-23(19)32-20(13)24(28)29)16(15-5-3-2-4-6-15)11-14-7-8-17-18(12-14)31-10-9-30-17/h2-8,11-12H,9-10H2,1H3,(H,28,29)(H,25,26,27)/b16-11-. The molecule has 1 aliphatic rings. The third-order valence-corrected chi connectivity index (χ3v) is 6.39. The summed E-state index contributed by atoms with van der Waals surface area (Å²) in [6.45, 7) is 2.63. The second-order valence-electron chi connectivity index (χ2n) is 7.28. The zero-order valence-corrected chi connectivity index (χ0v) is 17.9. The Bertz CT molecular complexity index is 1440. The van der Waals surface area contributed by atoms with Gasteiger partial charge in [-0.2, -0.15) is 0 Å². The van der Waals surface area contributed by atoms with Crippen molar-refractivity contribution in [1.29, 1.82) is 0 Å². The first-order chi connectivity index (χ1) is 15.5. The van der Waals surface area contributed by atoms with Crippen LogP contribution in [0.15, 0.2) is 53.3 Å². The number of hydrogen-bond acceptors (Lipinski definition) is 6. The molecular formula is C24H18N2O5S. The van der Waals surface area contributed by atoms with Crippen molar-refractivity contribution in [2.45, 2.75) is 6.92 Å². The van der Waals surface area contributed by atoms with Crippen molar-refractivity contribution >= 4 is 39.2 Å². The lowest BCUT2D eigenvalue weighted by Crippen LogP contribution is -2.15. The number of aryl methyl sites for hydroxylation is 1. The average molecular weight is 446 g/mol. The summed E-state index contributed by atoms with van der Waals surface area (Å²) in [7, 11) is 0. The summed E-state index contributed by atoms with van der Waals surface area (Å²) in [4.78, 5) is 32.4. The third kappa shape index (κ3) is 3.54. The average Bonchev–Trinajstić information content (AvgIpc) is 3.15. The van der Waals surface area contributed by atoms with Crippen molar-refractivity contribution in [2.24, 2.45) is 0 Å². The van der Waals surface area contributed by atoms with E-state index in [1.807, 2.05) is 54.6 Å². The fourth-order valence-electron chi connectivity index (χ4n) is 3.70. The van der Waals surface area contributed by atoms with Gasteiger partial charge in [0.15, 0.2) is 11.5 Å². The predicted molar refractivity (Wildman–Crippen MR) is 123 cm³/mol. The fraction of sp³-hybridized carbons (Fsp3) is 0.125. The highest BCUT2D eigenvalue weighted by atomic mass is 32.1. The molecule has 2 N–H and O–H groups in total. The summed E-state index contributed by atoms with van der Waals surface area (Å²) in [6.07, 6.45) is 1.91. The van der Waals surface area contributed by atoms with Gasteiger partial charge < -0.3 is 19.6 Å². The van der Waals surface area contributed by atoms with Crippen molar-refractivity contribution in [3.05, 3.63) is 86.3 Å². The number of aromatic carboxylic acids is 1. The number of nitrogens with one attached hydrogen (secondary N) is 1. The molecule has 7 nitrogen and oxygen atoms in total. The van der Waals surface area contributed by atoms with E-state index in [4.69, 9.17) is 9.47 Å². The minimum Gasteiger partial charge on any atom is -0.486 e. The summed E-state index contributed by atoms with van der Waals surface area (Å²) in [5.41, 5.74) is 2.47. The van der Waals surface area contributed by atoms with E-state index in [0.29, 0.717) is 51.9 Å². The molecular weight excluding hydrogens is 428 g/mol. The van der Waals surface area contributed by atoms with E-state index in [0.717, 1.165) is 22.5 Å². The Morgan fingerprint density at radius 2 is 1.88 bits per heavy atom. The summed E-state index contributed by atoms with van der Waals surface area (Å²) in [5, 5.41) is 9.75. The molecule has 8 heteroatoms. The zero-order chi connectivity index (χ0) is 22.2. The molecule has 2 aromatic carbocycles. The van der Waals surface area contributed by atoms with E-state index < -0.39 is 5.97 Å². The van der Waals surface area contributed by atoms with Crippen molar-refractivity contribution in [3.63, 3.8) is 0 Å². The van der Waals surface area contributed by atoms with Gasteiger partial charge in [-0.05, 0) is 41.8 Å². The normalized spacial score (nSPS) is 13.3. The number of aromatic nitrogens is 2. The van der Waals surface area contributed by atoms with E-state index in [1.165, 1.54) is 0 Å². The van der Waals surface area contributed by atoms with Crippen LogP contribution in [0.2, 0.25) is 0 Å². The van der Waals surface area contributed by atoms with E-state index in [2.05, 4.69) is 9.97 Å². The number of benzene rings is 2. The Balaban J connectivity index is 1.70. The molecule has 3 heterocycles. The lowest BCUT2D eigenvalue weighted by atomic mass is 10.0. The monoisotopic (exact) mass is 446 g/mol. The second kappa shape index (κ2) is 7.97. The highest BCUT2D eigenvalue weighted by molar-refractivity contribution is 7.20. The number of hydrogen-bond donors (Lipinski definition) is 2. The highest BCUT2D eigenvalue weighted by Gasteiger charge is 2.20. The maximum Gasteiger partial charge on any atom is 0.346 e. The van der Waals surface area contributed by atoms with Gasteiger partial charge in [0.05, 0.1) is 5.39 Å². The molecule has 0 radical (unpaired) electrons. The first kappa shape index (κ1) is 20.0. The topological polar surface area (TPSA) is 102 Å². The molecule has 2 aromatic heterocycles. The number of carbonyl (C=O) groups is 1. The van der Waals surface area contributed by atoms with Crippen LogP contribution in [0.3, 0.4) is 0 Å². The first-order valence-corrected chi connectivity index (χ1v) is 10.8. The zero-order valence-electron chi connectivity index (χ0n) is 17.0. The van der Waals surface area contributed by atoms with Crippen molar-refractivity contribution in [1.82, 2.24) is 9.97 Å². The number of carboxylic acid groups (broad SMARTS) is 1. The number of carboxylic acids is 1. The van der Waals surface area contributed by atoms with Gasteiger partial charge in [-0.15, -0.1) is 11.3 Å². The molecule has 1 aliphatic heterocycles. The smallest absolute Gasteiger partial charge is 0.346 e. The Hall–Kier alpha value is -3.91. The number of thiophene rings is 1. The number of nitrogens with zero attached hydrogens (tertiary/aromatic N) is 1. The fourth-order valence-corrected chi connectivity index (χ4v) is 4.72. The predicted octanol–water partition coefficient (Wildman–Crippen LogP) is 4.35. The van der Waals surface area contributed by atoms with Gasteiger partial charge in [0.1, 0.15) is 28.7 Å². The minimum atomic E-state index is -1.07. The Morgan fingerprint density at radius 1 is 1.12 bits per heavy atom. The third-order valence-electron chi connectivity index (χ3n) is 5.21. The van der Waals surface area contributed by atoms with Gasteiger partial charge in [0, 0.05) is 5.57 Å². The Labute approximate surface area is 186 Å². The van der Waals surface area contributed by atoms with E-state index in [-0.39, 0.29) is 10.4 Å². The number of H-pyrrole nitrogens is 1. The summed E-state index contributed by atoms with van der Waals surface area (Å²) in [5.74, 6) is 0.649. The minimum absolute atomic E-state index is 0.118. The van der Waals surface area contributed by atoms with Crippen LogP contribution in [0.25, 0.3) is 21.9 Å². The highest BCUT2D eigenvalue weighted by Crippen LogP contribution is 2.33. The van der Waals surface area contributed by atoms with Crippen LogP contribution in [-0.2, 0) is 0 Å². The van der Waals surface area contributed by atoms with Crippen LogP contribution in [0.5, 0.6) is 11.5 Å². The van der Waals surface area contributed by atoms with Gasteiger partial charge in [-0.1, -0.05) is 36.4 Å². The molecule has 0 amide bonds. The van der Waals surface area contributed by atoms with Crippen LogP contribution in [-0.4, -0.2) is 34.3 Å². The van der Waals surface area contributed by atoms with Crippen LogP contribution in [0.4, 0.5) is 0 Å². The molecule has 4 aromatic rings. The number of aromatic amines is 1. The maximum atomic E-state index is 12.9. The Morgan fingerprint density at radius 3 is 2.62 bits per heavy atom. The molecule has 32 heavy (non-hydrogen) atoms. The van der Waals surface area contributed by atoms with Crippen molar-refractivity contribution in [2.75, 3.05) is 13.2 Å². The lowest BCUT2D eigenvalue weighted by molar-refractivity contribution is 0.0701. The Kier molecular flexibility index (Phi) is 4.99. The van der Waals surface area contributed by atoms with Crippen molar-refractivity contribution < 1.29 is 19.4 Å². The van der Waals surface area contributed by atoms with E-state index in [9.17, 15) is 14.7 Å². The number of fused-ring (bicyclic) bond motifs is 2. The number of rotatable bonds is 4. The molecule has 0 unspecified atom stereocenters. The van der Waals surface area contributed by atoms with Crippen LogP contribution >= 0.6 is 11.3 Å². The largest absolute Gasteiger partial charge is 0.486 e. The maximum absolute atomic E-state index is 12.9. The molecule has 160 valence electrons. The van der Waals surface area contributed by atoms with E-state index in [1.54, 1.807) is 6.92 Å². The summed E-state index contributed by atoms with van der Waals surface area (Å²) < 4.78 is 11.3. The van der Waals surface area contributed by atoms with Crippen LogP contribution < -0.4 is 15.0 Å². The van der Waals surface area contributed by atoms with Gasteiger partial charge >= 0.3 is 5.97 Å².